The van der Waals surface area contributed by atoms with Crippen LogP contribution in [0.5, 0.6) is 5.75 Å². The fourth-order valence-electron chi connectivity index (χ4n) is 4.20. The van der Waals surface area contributed by atoms with Crippen LogP contribution < -0.4 is 4.74 Å². The third kappa shape index (κ3) is 4.02. The predicted molar refractivity (Wildman–Crippen MR) is 120 cm³/mol. The minimum Gasteiger partial charge on any atom is -0.490 e. The number of hydrogen-bond donors (Lipinski definition) is 0. The fourth-order valence-corrected chi connectivity index (χ4v) is 4.20. The van der Waals surface area contributed by atoms with E-state index in [0.29, 0.717) is 19.8 Å². The Kier molecular flexibility index (Phi) is 4.84. The number of epoxide rings is 2. The number of benzene rings is 4. The summed E-state index contributed by atoms with van der Waals surface area (Å²) in [5.74, 6) is 0.930. The quantitative estimate of drug-likeness (QED) is 0.372. The molecule has 6 rings (SSSR count). The summed E-state index contributed by atoms with van der Waals surface area (Å²) in [4.78, 5) is 0. The van der Waals surface area contributed by atoms with Crippen LogP contribution in [0.2, 0.25) is 0 Å². The molecule has 4 nitrogen and oxygen atoms in total. The van der Waals surface area contributed by atoms with Crippen LogP contribution in [0.4, 0.5) is 0 Å². The highest BCUT2D eigenvalue weighted by Crippen LogP contribution is 2.34. The molecule has 0 spiro atoms. The molecule has 2 aliphatic heterocycles. The Bertz CT molecular complexity index is 1140. The molecule has 2 aliphatic rings. The maximum absolute atomic E-state index is 6.23. The highest BCUT2D eigenvalue weighted by atomic mass is 16.8. The third-order valence-electron chi connectivity index (χ3n) is 6.04. The van der Waals surface area contributed by atoms with Crippen LogP contribution in [0, 0.1) is 0 Å². The molecule has 2 saturated heterocycles. The standard InChI is InChI=1S/C27H24O4/c1-3-7-22-18(5-1)9-10-20(14-30-27-17-31-27)24(22)13-25-23-8-4-2-6-19(23)11-12-26(25)29-16-21-15-28-21/h1-12,21,27H,13-17H2. The molecule has 0 N–H and O–H groups in total. The Labute approximate surface area is 181 Å². The van der Waals surface area contributed by atoms with Gasteiger partial charge in [0.2, 0.25) is 0 Å². The molecule has 156 valence electrons. The average Bonchev–Trinajstić information content (AvgIpc) is 3.73. The molecule has 4 aromatic rings. The Hall–Kier alpha value is -2.92. The van der Waals surface area contributed by atoms with Gasteiger partial charge in [-0.25, -0.2) is 0 Å². The monoisotopic (exact) mass is 412 g/mol. The molecule has 2 unspecified atom stereocenters. The second kappa shape index (κ2) is 7.97. The SMILES string of the molecule is c1ccc2c(Cc3c(OCC4CO4)ccc4ccccc34)c(COC3CO3)ccc2c1. The molecular formula is C27H24O4. The molecule has 0 saturated carbocycles. The van der Waals surface area contributed by atoms with Crippen LogP contribution in [-0.4, -0.2) is 32.2 Å². The summed E-state index contributed by atoms with van der Waals surface area (Å²) in [7, 11) is 0. The van der Waals surface area contributed by atoms with Crippen molar-refractivity contribution in [3.63, 3.8) is 0 Å². The lowest BCUT2D eigenvalue weighted by Gasteiger charge is -2.18. The van der Waals surface area contributed by atoms with Gasteiger partial charge in [-0.05, 0) is 38.7 Å². The first-order valence-corrected chi connectivity index (χ1v) is 10.8. The molecule has 0 aromatic heterocycles. The lowest BCUT2D eigenvalue weighted by molar-refractivity contribution is 0.0383. The van der Waals surface area contributed by atoms with E-state index in [0.717, 1.165) is 18.8 Å². The number of ether oxygens (including phenoxy) is 4. The molecule has 2 fully saturated rings. The lowest BCUT2D eigenvalue weighted by Crippen LogP contribution is -2.08. The van der Waals surface area contributed by atoms with Gasteiger partial charge in [-0.2, -0.15) is 0 Å². The van der Waals surface area contributed by atoms with Gasteiger partial charge in [-0.1, -0.05) is 66.7 Å². The van der Waals surface area contributed by atoms with Crippen molar-refractivity contribution >= 4 is 21.5 Å². The van der Waals surface area contributed by atoms with Gasteiger partial charge in [0.25, 0.3) is 0 Å². The second-order valence-corrected chi connectivity index (χ2v) is 8.20. The van der Waals surface area contributed by atoms with Gasteiger partial charge < -0.3 is 18.9 Å². The zero-order valence-corrected chi connectivity index (χ0v) is 17.3. The van der Waals surface area contributed by atoms with Crippen molar-refractivity contribution in [2.75, 3.05) is 19.8 Å². The molecular weight excluding hydrogens is 388 g/mol. The molecule has 0 radical (unpaired) electrons. The van der Waals surface area contributed by atoms with Crippen molar-refractivity contribution in [1.29, 1.82) is 0 Å². The summed E-state index contributed by atoms with van der Waals surface area (Å²) in [6.07, 6.45) is 0.932. The highest BCUT2D eigenvalue weighted by molar-refractivity contribution is 5.91. The third-order valence-corrected chi connectivity index (χ3v) is 6.04. The van der Waals surface area contributed by atoms with Gasteiger partial charge in [0.1, 0.15) is 25.1 Å². The normalized spacial score (nSPS) is 19.6. The zero-order chi connectivity index (χ0) is 20.6. The lowest BCUT2D eigenvalue weighted by atomic mass is 9.91. The van der Waals surface area contributed by atoms with Crippen LogP contribution in [0.25, 0.3) is 21.5 Å². The Morgan fingerprint density at radius 1 is 0.742 bits per heavy atom. The minimum atomic E-state index is -0.0608. The van der Waals surface area contributed by atoms with Crippen molar-refractivity contribution in [3.8, 4) is 5.75 Å². The fraction of sp³-hybridized carbons (Fsp3) is 0.259. The first kappa shape index (κ1) is 18.8. The van der Waals surface area contributed by atoms with E-state index >= 15 is 0 Å². The molecule has 0 amide bonds. The predicted octanol–water partition coefficient (Wildman–Crippen LogP) is 5.23. The summed E-state index contributed by atoms with van der Waals surface area (Å²) < 4.78 is 22.7. The van der Waals surface area contributed by atoms with Crippen LogP contribution in [-0.2, 0) is 27.2 Å². The summed E-state index contributed by atoms with van der Waals surface area (Å²) in [6.45, 7) is 2.61. The highest BCUT2D eigenvalue weighted by Gasteiger charge is 2.25. The molecule has 4 heteroatoms. The van der Waals surface area contributed by atoms with E-state index in [1.165, 1.54) is 38.2 Å². The summed E-state index contributed by atoms with van der Waals surface area (Å²) in [6, 6.07) is 25.7. The van der Waals surface area contributed by atoms with E-state index < -0.39 is 0 Å². The van der Waals surface area contributed by atoms with Crippen molar-refractivity contribution in [2.45, 2.75) is 25.4 Å². The molecule has 4 aromatic carbocycles. The van der Waals surface area contributed by atoms with Crippen molar-refractivity contribution in [2.24, 2.45) is 0 Å². The van der Waals surface area contributed by atoms with Crippen LogP contribution >= 0.6 is 0 Å². The average molecular weight is 412 g/mol. The van der Waals surface area contributed by atoms with E-state index in [1.54, 1.807) is 0 Å². The number of hydrogen-bond acceptors (Lipinski definition) is 4. The smallest absolute Gasteiger partial charge is 0.181 e. The van der Waals surface area contributed by atoms with E-state index in [1.807, 2.05) is 0 Å². The van der Waals surface area contributed by atoms with E-state index in [4.69, 9.17) is 18.9 Å². The van der Waals surface area contributed by atoms with E-state index in [9.17, 15) is 0 Å². The largest absolute Gasteiger partial charge is 0.490 e. The molecule has 0 aliphatic carbocycles. The van der Waals surface area contributed by atoms with E-state index in [2.05, 4.69) is 72.8 Å². The first-order valence-electron chi connectivity index (χ1n) is 10.8. The summed E-state index contributed by atoms with van der Waals surface area (Å²) in [5.41, 5.74) is 3.68. The Morgan fingerprint density at radius 2 is 1.42 bits per heavy atom. The molecule has 2 atom stereocenters. The van der Waals surface area contributed by atoms with Gasteiger partial charge in [-0.15, -0.1) is 0 Å². The summed E-state index contributed by atoms with van der Waals surface area (Å²) in [5, 5.41) is 4.93. The second-order valence-electron chi connectivity index (χ2n) is 8.20. The zero-order valence-electron chi connectivity index (χ0n) is 17.3. The molecule has 2 heterocycles. The van der Waals surface area contributed by atoms with E-state index in [-0.39, 0.29) is 12.4 Å². The van der Waals surface area contributed by atoms with Gasteiger partial charge >= 0.3 is 0 Å². The Balaban J connectivity index is 1.46. The maximum Gasteiger partial charge on any atom is 0.181 e. The van der Waals surface area contributed by atoms with Crippen LogP contribution in [0.15, 0.2) is 72.8 Å². The minimum absolute atomic E-state index is 0.0608. The van der Waals surface area contributed by atoms with Crippen LogP contribution in [0.1, 0.15) is 16.7 Å². The summed E-state index contributed by atoms with van der Waals surface area (Å²) >= 11 is 0. The van der Waals surface area contributed by atoms with Gasteiger partial charge in [0.15, 0.2) is 6.29 Å². The van der Waals surface area contributed by atoms with Gasteiger partial charge in [-0.3, -0.25) is 0 Å². The topological polar surface area (TPSA) is 43.5 Å². The van der Waals surface area contributed by atoms with Crippen molar-refractivity contribution < 1.29 is 18.9 Å². The van der Waals surface area contributed by atoms with Crippen LogP contribution in [0.3, 0.4) is 0 Å². The Morgan fingerprint density at radius 3 is 2.13 bits per heavy atom. The van der Waals surface area contributed by atoms with Gasteiger partial charge in [0, 0.05) is 12.0 Å². The maximum atomic E-state index is 6.23. The number of fused-ring (bicyclic) bond motifs is 2. The van der Waals surface area contributed by atoms with Gasteiger partial charge in [0.05, 0.1) is 13.2 Å². The number of rotatable bonds is 8. The van der Waals surface area contributed by atoms with Crippen molar-refractivity contribution in [3.05, 3.63) is 89.5 Å². The molecule has 0 bridgehead atoms. The molecule has 31 heavy (non-hydrogen) atoms. The van der Waals surface area contributed by atoms with Crippen molar-refractivity contribution in [1.82, 2.24) is 0 Å². The first-order chi connectivity index (χ1) is 15.3.